The van der Waals surface area contributed by atoms with Crippen molar-refractivity contribution in [3.8, 4) is 0 Å². The zero-order valence-corrected chi connectivity index (χ0v) is 18.0. The van der Waals surface area contributed by atoms with Crippen molar-refractivity contribution in [1.82, 2.24) is 5.32 Å². The maximum Gasteiger partial charge on any atom is 0.326 e. The van der Waals surface area contributed by atoms with E-state index in [2.05, 4.69) is 10.2 Å². The number of benzene rings is 2. The topological polar surface area (TPSA) is 69.6 Å². The van der Waals surface area contributed by atoms with Gasteiger partial charge in [-0.3, -0.25) is 4.79 Å². The van der Waals surface area contributed by atoms with Crippen LogP contribution in [0.3, 0.4) is 0 Å². The summed E-state index contributed by atoms with van der Waals surface area (Å²) in [7, 11) is 0. The van der Waals surface area contributed by atoms with E-state index in [1.807, 2.05) is 38.1 Å². The highest BCUT2D eigenvalue weighted by atomic mass is 35.5. The fraction of sp³-hybridized carbons (Fsp3) is 0.364. The molecule has 5 nitrogen and oxygen atoms in total. The minimum absolute atomic E-state index is 0.0327. The quantitative estimate of drug-likeness (QED) is 0.548. The van der Waals surface area contributed by atoms with Gasteiger partial charge in [0.1, 0.15) is 6.04 Å². The number of hydrogen-bond acceptors (Lipinski definition) is 3. The van der Waals surface area contributed by atoms with Gasteiger partial charge in [0.15, 0.2) is 0 Å². The van der Waals surface area contributed by atoms with E-state index in [0.29, 0.717) is 18.7 Å². The zero-order valence-electron chi connectivity index (χ0n) is 16.5. The third-order valence-corrected chi connectivity index (χ3v) is 4.60. The smallest absolute Gasteiger partial charge is 0.326 e. The summed E-state index contributed by atoms with van der Waals surface area (Å²) in [5.74, 6) is -1.49. The Bertz CT molecular complexity index is 785. The van der Waals surface area contributed by atoms with Gasteiger partial charge in [0.25, 0.3) is 5.91 Å². The van der Waals surface area contributed by atoms with Crippen molar-refractivity contribution in [3.63, 3.8) is 0 Å². The number of amides is 1. The van der Waals surface area contributed by atoms with Gasteiger partial charge in [-0.05, 0) is 43.7 Å². The largest absolute Gasteiger partial charge is 0.480 e. The van der Waals surface area contributed by atoms with E-state index in [0.717, 1.165) is 11.3 Å². The molecule has 3 atom stereocenters. The molecular weight excluding hydrogens is 411 g/mol. The van der Waals surface area contributed by atoms with Gasteiger partial charge in [-0.15, -0.1) is 23.2 Å². The summed E-state index contributed by atoms with van der Waals surface area (Å²) in [6.45, 7) is 5.16. The molecule has 2 rings (SSSR count). The summed E-state index contributed by atoms with van der Waals surface area (Å²) in [5.41, 5.74) is 2.20. The predicted molar refractivity (Wildman–Crippen MR) is 118 cm³/mol. The standard InChI is InChI=1S/C22H26Cl2N2O3/c1-15(23)13-26(14-16(2)24)19-10-8-17(9-11-19)12-20(22(28)29)25-21(27)18-6-4-3-5-7-18/h3-11,15-16,20H,12-14H2,1-2H3,(H,25,27)(H,28,29). The van der Waals surface area contributed by atoms with Crippen LogP contribution in [0, 0.1) is 0 Å². The van der Waals surface area contributed by atoms with Crippen LogP contribution in [0.4, 0.5) is 5.69 Å². The zero-order chi connectivity index (χ0) is 21.4. The van der Waals surface area contributed by atoms with Gasteiger partial charge in [-0.1, -0.05) is 30.3 Å². The third-order valence-electron chi connectivity index (χ3n) is 4.32. The number of anilines is 1. The Morgan fingerprint density at radius 3 is 2.00 bits per heavy atom. The highest BCUT2D eigenvalue weighted by Gasteiger charge is 2.21. The average molecular weight is 437 g/mol. The van der Waals surface area contributed by atoms with Gasteiger partial charge in [0.05, 0.1) is 0 Å². The predicted octanol–water partition coefficient (Wildman–Crippen LogP) is 4.17. The van der Waals surface area contributed by atoms with Crippen molar-refractivity contribution in [2.75, 3.05) is 18.0 Å². The Balaban J connectivity index is 2.08. The fourth-order valence-electron chi connectivity index (χ4n) is 3.00. The molecule has 0 heterocycles. The summed E-state index contributed by atoms with van der Waals surface area (Å²) >= 11 is 12.3. The third kappa shape index (κ3) is 7.59. The number of nitrogens with zero attached hydrogens (tertiary/aromatic N) is 1. The van der Waals surface area contributed by atoms with Crippen LogP contribution in [0.2, 0.25) is 0 Å². The van der Waals surface area contributed by atoms with Crippen molar-refractivity contribution >= 4 is 40.8 Å². The number of rotatable bonds is 10. The molecule has 0 aliphatic rings. The van der Waals surface area contributed by atoms with Crippen molar-refractivity contribution in [2.24, 2.45) is 0 Å². The van der Waals surface area contributed by atoms with Gasteiger partial charge in [-0.25, -0.2) is 4.79 Å². The van der Waals surface area contributed by atoms with Crippen LogP contribution < -0.4 is 10.2 Å². The van der Waals surface area contributed by atoms with E-state index < -0.39 is 17.9 Å². The Kier molecular flexibility index (Phi) is 8.80. The lowest BCUT2D eigenvalue weighted by molar-refractivity contribution is -0.139. The number of carbonyl (C=O) groups excluding carboxylic acids is 1. The van der Waals surface area contributed by atoms with E-state index >= 15 is 0 Å². The lowest BCUT2D eigenvalue weighted by atomic mass is 10.0. The highest BCUT2D eigenvalue weighted by molar-refractivity contribution is 6.21. The lowest BCUT2D eigenvalue weighted by Crippen LogP contribution is -2.42. The van der Waals surface area contributed by atoms with Crippen LogP contribution in [-0.2, 0) is 11.2 Å². The molecule has 0 aromatic heterocycles. The Hall–Kier alpha value is -2.24. The lowest BCUT2D eigenvalue weighted by Gasteiger charge is -2.27. The maximum absolute atomic E-state index is 12.3. The van der Waals surface area contributed by atoms with Gasteiger partial charge < -0.3 is 15.3 Å². The molecule has 0 fully saturated rings. The summed E-state index contributed by atoms with van der Waals surface area (Å²) in [6.07, 6.45) is 0.187. The first-order chi connectivity index (χ1) is 13.8. The van der Waals surface area contributed by atoms with Crippen LogP contribution in [0.25, 0.3) is 0 Å². The van der Waals surface area contributed by atoms with Crippen molar-refractivity contribution in [3.05, 3.63) is 65.7 Å². The minimum Gasteiger partial charge on any atom is -0.480 e. The van der Waals surface area contributed by atoms with Crippen molar-refractivity contribution < 1.29 is 14.7 Å². The normalized spacial score (nSPS) is 13.9. The van der Waals surface area contributed by atoms with Crippen LogP contribution in [0.15, 0.2) is 54.6 Å². The van der Waals surface area contributed by atoms with Crippen molar-refractivity contribution in [2.45, 2.75) is 37.1 Å². The van der Waals surface area contributed by atoms with E-state index in [1.54, 1.807) is 30.3 Å². The Labute approximate surface area is 181 Å². The molecule has 0 aliphatic heterocycles. The maximum atomic E-state index is 12.3. The summed E-state index contributed by atoms with van der Waals surface area (Å²) in [6, 6.07) is 15.1. The number of alkyl halides is 2. The SMILES string of the molecule is CC(Cl)CN(CC(C)Cl)c1ccc(CC(NC(=O)c2ccccc2)C(=O)O)cc1. The first-order valence-electron chi connectivity index (χ1n) is 9.47. The molecule has 0 spiro atoms. The molecule has 156 valence electrons. The average Bonchev–Trinajstić information content (AvgIpc) is 2.67. The van der Waals surface area contributed by atoms with Crippen LogP contribution in [-0.4, -0.2) is 46.9 Å². The number of halogens is 2. The molecule has 0 radical (unpaired) electrons. The van der Waals surface area contributed by atoms with E-state index in [1.165, 1.54) is 0 Å². The summed E-state index contributed by atoms with van der Waals surface area (Å²) in [5, 5.41) is 12.0. The fourth-order valence-corrected chi connectivity index (χ4v) is 3.34. The molecule has 7 heteroatoms. The number of hydrogen-bond donors (Lipinski definition) is 2. The second kappa shape index (κ2) is 11.1. The van der Waals surface area contributed by atoms with Gasteiger partial charge in [0.2, 0.25) is 0 Å². The summed E-state index contributed by atoms with van der Waals surface area (Å²) < 4.78 is 0. The molecule has 0 saturated heterocycles. The van der Waals surface area contributed by atoms with Gasteiger partial charge >= 0.3 is 5.97 Å². The Morgan fingerprint density at radius 1 is 0.966 bits per heavy atom. The number of nitrogens with one attached hydrogen (secondary N) is 1. The molecule has 2 aromatic carbocycles. The molecule has 0 bridgehead atoms. The molecule has 1 amide bonds. The minimum atomic E-state index is -1.08. The molecule has 2 N–H and O–H groups in total. The van der Waals surface area contributed by atoms with Crippen LogP contribution in [0.1, 0.15) is 29.8 Å². The Morgan fingerprint density at radius 2 is 1.52 bits per heavy atom. The van der Waals surface area contributed by atoms with Crippen LogP contribution in [0.5, 0.6) is 0 Å². The molecule has 0 saturated carbocycles. The molecule has 29 heavy (non-hydrogen) atoms. The number of carboxylic acid groups (broad SMARTS) is 1. The number of carbonyl (C=O) groups is 2. The van der Waals surface area contributed by atoms with Gasteiger partial charge in [0, 0.05) is 41.5 Å². The van der Waals surface area contributed by atoms with E-state index in [-0.39, 0.29) is 17.2 Å². The monoisotopic (exact) mass is 436 g/mol. The second-order valence-corrected chi connectivity index (χ2v) is 8.56. The van der Waals surface area contributed by atoms with Crippen molar-refractivity contribution in [1.29, 1.82) is 0 Å². The van der Waals surface area contributed by atoms with Gasteiger partial charge in [-0.2, -0.15) is 0 Å². The highest BCUT2D eigenvalue weighted by Crippen LogP contribution is 2.19. The number of aliphatic carboxylic acids is 1. The van der Waals surface area contributed by atoms with E-state index in [9.17, 15) is 14.7 Å². The molecule has 0 aliphatic carbocycles. The number of carboxylic acids is 1. The molecule has 2 aromatic rings. The van der Waals surface area contributed by atoms with Crippen LogP contribution >= 0.6 is 23.2 Å². The first kappa shape index (κ1) is 23.0. The second-order valence-electron chi connectivity index (χ2n) is 7.07. The molecule has 3 unspecified atom stereocenters. The first-order valence-corrected chi connectivity index (χ1v) is 10.3. The summed E-state index contributed by atoms with van der Waals surface area (Å²) in [4.78, 5) is 26.0. The molecular formula is C22H26Cl2N2O3. The van der Waals surface area contributed by atoms with E-state index in [4.69, 9.17) is 23.2 Å².